The third-order valence-corrected chi connectivity index (χ3v) is 6.02. The summed E-state index contributed by atoms with van der Waals surface area (Å²) in [5.74, 6) is 0.0639. The number of nitrogens with zero attached hydrogens (tertiary/aromatic N) is 4. The van der Waals surface area contributed by atoms with Crippen molar-refractivity contribution in [2.45, 2.75) is 0 Å². The predicted molar refractivity (Wildman–Crippen MR) is 147 cm³/mol. The average Bonchev–Trinajstić information content (AvgIpc) is 3.19. The molecule has 0 unspecified atom stereocenters. The summed E-state index contributed by atoms with van der Waals surface area (Å²) in [6, 6.07) is 27.8. The summed E-state index contributed by atoms with van der Waals surface area (Å²) in [6.07, 6.45) is 8.10. The minimum atomic E-state index is 0.0639. The molecule has 0 aliphatic heterocycles. The summed E-state index contributed by atoms with van der Waals surface area (Å²) in [4.78, 5) is 13.3. The van der Waals surface area contributed by atoms with Gasteiger partial charge < -0.3 is 0 Å². The highest BCUT2D eigenvalue weighted by Crippen LogP contribution is 2.38. The van der Waals surface area contributed by atoms with Crippen LogP contribution in [0.2, 0.25) is 0 Å². The van der Waals surface area contributed by atoms with E-state index in [1.807, 2.05) is 109 Å². The van der Waals surface area contributed by atoms with E-state index in [0.29, 0.717) is 0 Å². The number of hydrogen-bond acceptors (Lipinski definition) is 5. The van der Waals surface area contributed by atoms with Crippen molar-refractivity contribution in [2.24, 2.45) is 20.5 Å². The first kappa shape index (κ1) is 23.0. The van der Waals surface area contributed by atoms with E-state index in [1.165, 1.54) is 0 Å². The minimum Gasteiger partial charge on any atom is -0.289 e. The lowest BCUT2D eigenvalue weighted by atomic mass is 10.0. The molecule has 0 heterocycles. The standard InChI is InChI=1S/C31H24N4O/c1-32-34-25-13-7-21(8-14-25)3-5-23-11-17-27-28-18-12-24(20-30(28)31(36)29(27)19-23)6-4-22-9-15-26(16-10-22)35-33-2/h3-20H,1-2H3/b5-3+,6-4+,34-32?,35-33?. The molecule has 5 nitrogen and oxygen atoms in total. The Hall–Kier alpha value is -4.77. The molecular formula is C31H24N4O. The van der Waals surface area contributed by atoms with Gasteiger partial charge in [0.25, 0.3) is 0 Å². The van der Waals surface area contributed by atoms with E-state index in [-0.39, 0.29) is 5.78 Å². The van der Waals surface area contributed by atoms with Gasteiger partial charge in [0.05, 0.1) is 11.4 Å². The highest BCUT2D eigenvalue weighted by Gasteiger charge is 2.26. The fourth-order valence-electron chi connectivity index (χ4n) is 4.24. The van der Waals surface area contributed by atoms with Crippen molar-refractivity contribution in [1.82, 2.24) is 0 Å². The van der Waals surface area contributed by atoms with Crippen LogP contribution in [0.5, 0.6) is 0 Å². The molecule has 4 aromatic rings. The van der Waals surface area contributed by atoms with E-state index in [4.69, 9.17) is 0 Å². The maximum absolute atomic E-state index is 13.3. The second-order valence-electron chi connectivity index (χ2n) is 8.39. The summed E-state index contributed by atoms with van der Waals surface area (Å²) in [7, 11) is 3.31. The van der Waals surface area contributed by atoms with Gasteiger partial charge in [0.2, 0.25) is 0 Å². The number of benzene rings is 4. The molecule has 1 aliphatic carbocycles. The Morgan fingerprint density at radius 2 is 0.833 bits per heavy atom. The normalized spacial score (nSPS) is 12.9. The summed E-state index contributed by atoms with van der Waals surface area (Å²) in [5, 5.41) is 15.6. The topological polar surface area (TPSA) is 66.5 Å². The van der Waals surface area contributed by atoms with Gasteiger partial charge in [-0.25, -0.2) is 0 Å². The summed E-state index contributed by atoms with van der Waals surface area (Å²) < 4.78 is 0. The van der Waals surface area contributed by atoms with Crippen LogP contribution >= 0.6 is 0 Å². The first-order valence-corrected chi connectivity index (χ1v) is 11.6. The molecule has 5 heteroatoms. The molecule has 0 N–H and O–H groups in total. The molecule has 5 rings (SSSR count). The van der Waals surface area contributed by atoms with Gasteiger partial charge in [-0.1, -0.05) is 72.8 Å². The van der Waals surface area contributed by atoms with E-state index < -0.39 is 0 Å². The molecule has 4 aromatic carbocycles. The lowest BCUT2D eigenvalue weighted by Gasteiger charge is -2.02. The molecule has 0 fully saturated rings. The number of carbonyl (C=O) groups excluding carboxylic acids is 1. The fourth-order valence-corrected chi connectivity index (χ4v) is 4.24. The number of azo groups is 2. The molecule has 0 spiro atoms. The quantitative estimate of drug-likeness (QED) is 0.182. The maximum Gasteiger partial charge on any atom is 0.194 e. The van der Waals surface area contributed by atoms with Crippen molar-refractivity contribution in [1.29, 1.82) is 0 Å². The molecular weight excluding hydrogens is 444 g/mol. The van der Waals surface area contributed by atoms with Gasteiger partial charge in [0, 0.05) is 25.2 Å². The van der Waals surface area contributed by atoms with Gasteiger partial charge in [-0.2, -0.15) is 20.5 Å². The van der Waals surface area contributed by atoms with Crippen molar-refractivity contribution in [3.63, 3.8) is 0 Å². The van der Waals surface area contributed by atoms with Crippen LogP contribution in [0.4, 0.5) is 11.4 Å². The summed E-state index contributed by atoms with van der Waals surface area (Å²) >= 11 is 0. The molecule has 1 aliphatic rings. The van der Waals surface area contributed by atoms with Crippen LogP contribution in [-0.4, -0.2) is 19.9 Å². The zero-order chi connectivity index (χ0) is 24.9. The smallest absolute Gasteiger partial charge is 0.194 e. The first-order valence-electron chi connectivity index (χ1n) is 11.6. The highest BCUT2D eigenvalue weighted by atomic mass is 16.1. The van der Waals surface area contributed by atoms with Crippen LogP contribution in [0.15, 0.2) is 105 Å². The monoisotopic (exact) mass is 468 g/mol. The van der Waals surface area contributed by atoms with E-state index in [2.05, 4.69) is 20.5 Å². The predicted octanol–water partition coefficient (Wildman–Crippen LogP) is 8.67. The molecule has 0 radical (unpaired) electrons. The number of ketones is 1. The van der Waals surface area contributed by atoms with Crippen LogP contribution in [0.3, 0.4) is 0 Å². The van der Waals surface area contributed by atoms with Crippen molar-refractivity contribution < 1.29 is 4.79 Å². The van der Waals surface area contributed by atoms with Gasteiger partial charge in [0.1, 0.15) is 0 Å². The lowest BCUT2D eigenvalue weighted by Crippen LogP contribution is -1.95. The van der Waals surface area contributed by atoms with Gasteiger partial charge in [-0.15, -0.1) is 0 Å². The number of carbonyl (C=O) groups is 1. The van der Waals surface area contributed by atoms with Crippen molar-refractivity contribution in [2.75, 3.05) is 14.1 Å². The van der Waals surface area contributed by atoms with Gasteiger partial charge in [-0.3, -0.25) is 4.79 Å². The Morgan fingerprint density at radius 1 is 0.472 bits per heavy atom. The van der Waals surface area contributed by atoms with E-state index in [9.17, 15) is 4.79 Å². The van der Waals surface area contributed by atoms with Gasteiger partial charge in [0.15, 0.2) is 5.78 Å². The largest absolute Gasteiger partial charge is 0.289 e. The lowest BCUT2D eigenvalue weighted by molar-refractivity contribution is 0.104. The maximum atomic E-state index is 13.3. The first-order chi connectivity index (χ1) is 17.6. The van der Waals surface area contributed by atoms with Crippen molar-refractivity contribution >= 4 is 41.5 Å². The molecule has 174 valence electrons. The molecule has 0 saturated carbocycles. The molecule has 0 saturated heterocycles. The fraction of sp³-hybridized carbons (Fsp3) is 0.0645. The Morgan fingerprint density at radius 3 is 1.22 bits per heavy atom. The van der Waals surface area contributed by atoms with Crippen LogP contribution in [0.25, 0.3) is 35.4 Å². The number of fused-ring (bicyclic) bond motifs is 3. The zero-order valence-corrected chi connectivity index (χ0v) is 20.1. The Balaban J connectivity index is 1.34. The Bertz CT molecular complexity index is 1430. The molecule has 0 amide bonds. The molecule has 36 heavy (non-hydrogen) atoms. The number of hydrogen-bond donors (Lipinski definition) is 0. The summed E-state index contributed by atoms with van der Waals surface area (Å²) in [5.41, 5.74) is 9.18. The molecule has 0 bridgehead atoms. The average molecular weight is 469 g/mol. The van der Waals surface area contributed by atoms with Crippen LogP contribution in [0, 0.1) is 0 Å². The SMILES string of the molecule is CN=Nc1ccc(/C=C/c2ccc3c(c2)C(=O)c2cc(/C=C/c4ccc(N=NC)cc4)ccc2-3)cc1. The van der Waals surface area contributed by atoms with Gasteiger partial charge in [-0.05, 0) is 69.8 Å². The molecule has 0 aromatic heterocycles. The van der Waals surface area contributed by atoms with Gasteiger partial charge >= 0.3 is 0 Å². The van der Waals surface area contributed by atoms with Crippen LogP contribution in [0.1, 0.15) is 38.2 Å². The van der Waals surface area contributed by atoms with Crippen LogP contribution < -0.4 is 0 Å². The highest BCUT2D eigenvalue weighted by molar-refractivity contribution is 6.22. The van der Waals surface area contributed by atoms with E-state index in [1.54, 1.807) is 14.1 Å². The van der Waals surface area contributed by atoms with E-state index in [0.717, 1.165) is 55.9 Å². The minimum absolute atomic E-state index is 0.0639. The Kier molecular flexibility index (Phi) is 6.54. The molecule has 0 atom stereocenters. The van der Waals surface area contributed by atoms with E-state index >= 15 is 0 Å². The Labute approximate surface area is 210 Å². The van der Waals surface area contributed by atoms with Crippen molar-refractivity contribution in [3.8, 4) is 11.1 Å². The second-order valence-corrected chi connectivity index (χ2v) is 8.39. The van der Waals surface area contributed by atoms with Crippen LogP contribution in [-0.2, 0) is 0 Å². The summed E-state index contributed by atoms with van der Waals surface area (Å²) in [6.45, 7) is 0. The van der Waals surface area contributed by atoms with Crippen molar-refractivity contribution in [3.05, 3.63) is 118 Å². The number of rotatable bonds is 6. The third kappa shape index (κ3) is 4.86. The zero-order valence-electron chi connectivity index (χ0n) is 20.1. The third-order valence-electron chi connectivity index (χ3n) is 6.02. The second kappa shape index (κ2) is 10.2.